The van der Waals surface area contributed by atoms with Gasteiger partial charge >= 0.3 is 5.97 Å². The molecule has 0 aliphatic carbocycles. The van der Waals surface area contributed by atoms with Crippen molar-refractivity contribution in [1.82, 2.24) is 4.57 Å². The number of thiazole rings is 1. The lowest BCUT2D eigenvalue weighted by atomic mass is 9.95. The molecule has 1 aliphatic heterocycles. The molecule has 204 valence electrons. The van der Waals surface area contributed by atoms with E-state index < -0.39 is 16.9 Å². The van der Waals surface area contributed by atoms with Gasteiger partial charge in [-0.15, -0.1) is 0 Å². The van der Waals surface area contributed by atoms with Crippen molar-refractivity contribution in [2.45, 2.75) is 19.9 Å². The number of nitrogens with zero attached hydrogens (tertiary/aromatic N) is 4. The first kappa shape index (κ1) is 26.8. The fourth-order valence-corrected chi connectivity index (χ4v) is 5.55. The van der Waals surface area contributed by atoms with Crippen LogP contribution < -0.4 is 19.8 Å². The summed E-state index contributed by atoms with van der Waals surface area (Å²) in [6, 6.07) is 16.5. The minimum atomic E-state index is -0.707. The van der Waals surface area contributed by atoms with Crippen LogP contribution in [-0.4, -0.2) is 36.2 Å². The third kappa shape index (κ3) is 4.98. The average Bonchev–Trinajstić information content (AvgIpc) is 3.52. The summed E-state index contributed by atoms with van der Waals surface area (Å²) in [5.74, 6) is 0.429. The summed E-state index contributed by atoms with van der Waals surface area (Å²) < 4.78 is 13.2. The molecule has 3 heterocycles. The molecule has 0 N–H and O–H groups in total. The highest BCUT2D eigenvalue weighted by molar-refractivity contribution is 7.07. The number of hydrogen-bond acceptors (Lipinski definition) is 9. The molecule has 2 aromatic heterocycles. The first-order valence-electron chi connectivity index (χ1n) is 12.5. The van der Waals surface area contributed by atoms with Gasteiger partial charge in [-0.3, -0.25) is 19.5 Å². The molecule has 0 saturated carbocycles. The van der Waals surface area contributed by atoms with Gasteiger partial charge < -0.3 is 14.1 Å². The molecule has 40 heavy (non-hydrogen) atoms. The number of furan rings is 1. The standard InChI is InChI=1S/C29H26N4O6S/c1-5-38-28(35)25-17(2)30-29-32(26(25)19-8-10-20(11-9-19)31(3)4)27(34)24(40-29)16-22-14-15-23(39-22)18-6-12-21(13-7-18)33(36)37/h6-16,26H,5H2,1-4H3/b24-16+/t26-/m0/s1. The number of allylic oxidation sites excluding steroid dienone is 1. The molecule has 11 heteroatoms. The second-order valence-corrected chi connectivity index (χ2v) is 10.3. The Morgan fingerprint density at radius 3 is 2.48 bits per heavy atom. The van der Waals surface area contributed by atoms with Gasteiger partial charge in [0.25, 0.3) is 11.2 Å². The highest BCUT2D eigenvalue weighted by atomic mass is 32.1. The van der Waals surface area contributed by atoms with E-state index in [1.165, 1.54) is 28.0 Å². The molecule has 1 atom stereocenters. The predicted molar refractivity (Wildman–Crippen MR) is 152 cm³/mol. The topological polar surface area (TPSA) is 120 Å². The van der Waals surface area contributed by atoms with E-state index in [1.54, 1.807) is 44.2 Å². The fourth-order valence-electron chi connectivity index (χ4n) is 4.52. The van der Waals surface area contributed by atoms with Crippen molar-refractivity contribution in [3.63, 3.8) is 0 Å². The van der Waals surface area contributed by atoms with Gasteiger partial charge in [0.05, 0.1) is 33.4 Å². The molecule has 0 bridgehead atoms. The SMILES string of the molecule is CCOC(=O)C1=C(C)N=c2s/c(=C/c3ccc(-c4ccc([N+](=O)[O-])cc4)o3)c(=O)n2[C@H]1c1ccc(N(C)C)cc1. The van der Waals surface area contributed by atoms with Gasteiger partial charge in [0, 0.05) is 43.6 Å². The number of aromatic nitrogens is 1. The lowest BCUT2D eigenvalue weighted by Crippen LogP contribution is -2.39. The maximum absolute atomic E-state index is 13.8. The second-order valence-electron chi connectivity index (χ2n) is 9.29. The van der Waals surface area contributed by atoms with Crippen LogP contribution in [0.15, 0.2) is 86.1 Å². The Hall–Kier alpha value is -4.77. The number of benzene rings is 2. The Morgan fingerprint density at radius 1 is 1.15 bits per heavy atom. The van der Waals surface area contributed by atoms with Crippen LogP contribution in [0.2, 0.25) is 0 Å². The predicted octanol–water partition coefficient (Wildman–Crippen LogP) is 4.03. The summed E-state index contributed by atoms with van der Waals surface area (Å²) in [7, 11) is 3.88. The molecule has 0 saturated heterocycles. The van der Waals surface area contributed by atoms with Crippen LogP contribution >= 0.6 is 11.3 Å². The number of ether oxygens (including phenoxy) is 1. The number of anilines is 1. The lowest BCUT2D eigenvalue weighted by molar-refractivity contribution is -0.384. The number of non-ortho nitro benzene ring substituents is 1. The van der Waals surface area contributed by atoms with Gasteiger partial charge in [-0.2, -0.15) is 0 Å². The van der Waals surface area contributed by atoms with Crippen LogP contribution in [-0.2, 0) is 9.53 Å². The smallest absolute Gasteiger partial charge is 0.338 e. The highest BCUT2D eigenvalue weighted by Crippen LogP contribution is 2.32. The molecular formula is C29H26N4O6S. The summed E-state index contributed by atoms with van der Waals surface area (Å²) in [5, 5.41) is 10.9. The van der Waals surface area contributed by atoms with Crippen molar-refractivity contribution in [3.05, 3.63) is 113 Å². The number of carbonyl (C=O) groups is 1. The molecule has 0 fully saturated rings. The summed E-state index contributed by atoms with van der Waals surface area (Å²) >= 11 is 1.20. The largest absolute Gasteiger partial charge is 0.463 e. The number of nitro groups is 1. The summed E-state index contributed by atoms with van der Waals surface area (Å²) in [6.07, 6.45) is 1.63. The van der Waals surface area contributed by atoms with E-state index in [0.717, 1.165) is 11.3 Å². The second kappa shape index (κ2) is 10.8. The van der Waals surface area contributed by atoms with Gasteiger partial charge in [-0.1, -0.05) is 23.5 Å². The zero-order valence-corrected chi connectivity index (χ0v) is 23.1. The molecule has 5 rings (SSSR count). The summed E-state index contributed by atoms with van der Waals surface area (Å²) in [6.45, 7) is 3.67. The van der Waals surface area contributed by atoms with Crippen LogP contribution in [0.4, 0.5) is 11.4 Å². The van der Waals surface area contributed by atoms with Crippen molar-refractivity contribution >= 4 is 34.8 Å². The van der Waals surface area contributed by atoms with Crippen molar-refractivity contribution in [3.8, 4) is 11.3 Å². The number of nitro benzene ring substituents is 1. The van der Waals surface area contributed by atoms with Crippen LogP contribution in [0, 0.1) is 10.1 Å². The number of rotatable bonds is 7. The molecule has 0 radical (unpaired) electrons. The van der Waals surface area contributed by atoms with Crippen molar-refractivity contribution in [2.75, 3.05) is 25.6 Å². The van der Waals surface area contributed by atoms with Crippen LogP contribution in [0.1, 0.15) is 31.2 Å². The zero-order valence-electron chi connectivity index (χ0n) is 22.3. The van der Waals surface area contributed by atoms with Gasteiger partial charge in [-0.25, -0.2) is 9.79 Å². The van der Waals surface area contributed by atoms with Crippen LogP contribution in [0.25, 0.3) is 17.4 Å². The first-order chi connectivity index (χ1) is 19.2. The zero-order chi connectivity index (χ0) is 28.6. The van der Waals surface area contributed by atoms with E-state index in [4.69, 9.17) is 9.15 Å². The molecule has 1 aliphatic rings. The van der Waals surface area contributed by atoms with E-state index in [1.807, 2.05) is 43.3 Å². The number of esters is 1. The monoisotopic (exact) mass is 558 g/mol. The summed E-state index contributed by atoms with van der Waals surface area (Å²) in [4.78, 5) is 44.4. The normalized spacial score (nSPS) is 15.0. The number of fused-ring (bicyclic) bond motifs is 1. The average molecular weight is 559 g/mol. The van der Waals surface area contributed by atoms with E-state index in [-0.39, 0.29) is 17.9 Å². The number of hydrogen-bond donors (Lipinski definition) is 0. The Bertz CT molecular complexity index is 1810. The fraction of sp³-hybridized carbons (Fsp3) is 0.207. The number of carbonyl (C=O) groups excluding carboxylic acids is 1. The molecular weight excluding hydrogens is 532 g/mol. The molecule has 0 spiro atoms. The molecule has 4 aromatic rings. The Balaban J connectivity index is 1.59. The minimum absolute atomic E-state index is 0.0139. The first-order valence-corrected chi connectivity index (χ1v) is 13.3. The van der Waals surface area contributed by atoms with E-state index in [9.17, 15) is 19.7 Å². The van der Waals surface area contributed by atoms with Crippen molar-refractivity contribution < 1.29 is 18.9 Å². The van der Waals surface area contributed by atoms with Gasteiger partial charge in [-0.05, 0) is 55.8 Å². The maximum Gasteiger partial charge on any atom is 0.338 e. The van der Waals surface area contributed by atoms with Gasteiger partial charge in [0.1, 0.15) is 11.5 Å². The van der Waals surface area contributed by atoms with Crippen LogP contribution in [0.5, 0.6) is 0 Å². The quantitative estimate of drug-likeness (QED) is 0.191. The Morgan fingerprint density at radius 2 is 1.85 bits per heavy atom. The summed E-state index contributed by atoms with van der Waals surface area (Å²) in [5.41, 5.74) is 2.89. The third-order valence-corrected chi connectivity index (χ3v) is 7.49. The minimum Gasteiger partial charge on any atom is -0.463 e. The van der Waals surface area contributed by atoms with Crippen molar-refractivity contribution in [2.24, 2.45) is 4.99 Å². The van der Waals surface area contributed by atoms with E-state index in [2.05, 4.69) is 4.99 Å². The molecule has 0 amide bonds. The molecule has 2 aromatic carbocycles. The van der Waals surface area contributed by atoms with E-state index >= 15 is 0 Å². The van der Waals surface area contributed by atoms with E-state index in [0.29, 0.717) is 37.7 Å². The van der Waals surface area contributed by atoms with Gasteiger partial charge in [0.2, 0.25) is 0 Å². The Kier molecular flexibility index (Phi) is 7.22. The maximum atomic E-state index is 13.8. The lowest BCUT2D eigenvalue weighted by Gasteiger charge is -2.25. The highest BCUT2D eigenvalue weighted by Gasteiger charge is 2.33. The molecule has 0 unspecified atom stereocenters. The molecule has 10 nitrogen and oxygen atoms in total. The van der Waals surface area contributed by atoms with Gasteiger partial charge in [0.15, 0.2) is 4.80 Å². The van der Waals surface area contributed by atoms with Crippen LogP contribution in [0.3, 0.4) is 0 Å². The van der Waals surface area contributed by atoms with Crippen molar-refractivity contribution in [1.29, 1.82) is 0 Å². The third-order valence-electron chi connectivity index (χ3n) is 6.51. The Labute approximate surface area is 232 Å².